The van der Waals surface area contributed by atoms with E-state index >= 15 is 0 Å². The number of rotatable bonds is 5. The molecule has 0 aliphatic carbocycles. The van der Waals surface area contributed by atoms with Crippen molar-refractivity contribution < 1.29 is 17.6 Å². The maximum Gasteiger partial charge on any atom is 0.228 e. The molecule has 0 saturated carbocycles. The average Bonchev–Trinajstić information content (AvgIpc) is 2.64. The van der Waals surface area contributed by atoms with Crippen molar-refractivity contribution in [3.8, 4) is 0 Å². The maximum atomic E-state index is 13.0. The van der Waals surface area contributed by atoms with Gasteiger partial charge in [0.15, 0.2) is 0 Å². The Labute approximate surface area is 152 Å². The van der Waals surface area contributed by atoms with Gasteiger partial charge in [-0.25, -0.2) is 17.1 Å². The second-order valence-electron chi connectivity index (χ2n) is 6.44. The summed E-state index contributed by atoms with van der Waals surface area (Å²) in [4.78, 5) is 12.5. The second kappa shape index (κ2) is 7.97. The van der Waals surface area contributed by atoms with Gasteiger partial charge in [-0.3, -0.25) is 4.79 Å². The predicted octanol–water partition coefficient (Wildman–Crippen LogP) is 3.01. The zero-order valence-corrected chi connectivity index (χ0v) is 15.1. The van der Waals surface area contributed by atoms with Crippen LogP contribution < -0.4 is 5.32 Å². The van der Waals surface area contributed by atoms with Crippen LogP contribution in [0.25, 0.3) is 0 Å². The first kappa shape index (κ1) is 18.5. The van der Waals surface area contributed by atoms with Crippen LogP contribution in [0.15, 0.2) is 54.6 Å². The number of carbonyl (C=O) groups excluding carboxylic acids is 1. The van der Waals surface area contributed by atoms with Crippen molar-refractivity contribution in [3.63, 3.8) is 0 Å². The fourth-order valence-electron chi connectivity index (χ4n) is 3.06. The van der Waals surface area contributed by atoms with Crippen molar-refractivity contribution in [3.05, 3.63) is 66.0 Å². The smallest absolute Gasteiger partial charge is 0.228 e. The van der Waals surface area contributed by atoms with Crippen LogP contribution in [0.5, 0.6) is 0 Å². The number of anilines is 1. The van der Waals surface area contributed by atoms with Gasteiger partial charge in [0.1, 0.15) is 5.82 Å². The highest BCUT2D eigenvalue weighted by Gasteiger charge is 2.32. The molecule has 1 saturated heterocycles. The molecule has 0 radical (unpaired) electrons. The average molecular weight is 376 g/mol. The summed E-state index contributed by atoms with van der Waals surface area (Å²) in [5.41, 5.74) is 1.23. The topological polar surface area (TPSA) is 66.5 Å². The van der Waals surface area contributed by atoms with Crippen LogP contribution in [-0.4, -0.2) is 31.7 Å². The number of hydrogen-bond acceptors (Lipinski definition) is 3. The lowest BCUT2D eigenvalue weighted by molar-refractivity contribution is -0.120. The summed E-state index contributed by atoms with van der Waals surface area (Å²) < 4.78 is 39.7. The Hall–Kier alpha value is -2.25. The molecule has 1 amide bonds. The van der Waals surface area contributed by atoms with Gasteiger partial charge in [0.2, 0.25) is 15.9 Å². The molecule has 0 unspecified atom stereocenters. The van der Waals surface area contributed by atoms with Crippen molar-refractivity contribution in [2.75, 3.05) is 18.4 Å². The number of hydrogen-bond donors (Lipinski definition) is 1. The summed E-state index contributed by atoms with van der Waals surface area (Å²) in [5, 5.41) is 2.84. The van der Waals surface area contributed by atoms with E-state index in [9.17, 15) is 17.6 Å². The van der Waals surface area contributed by atoms with Crippen LogP contribution in [0.3, 0.4) is 0 Å². The van der Waals surface area contributed by atoms with Gasteiger partial charge in [-0.1, -0.05) is 30.3 Å². The minimum atomic E-state index is -3.56. The molecule has 7 heteroatoms. The lowest BCUT2D eigenvalue weighted by atomic mass is 9.99. The van der Waals surface area contributed by atoms with Crippen LogP contribution >= 0.6 is 0 Å². The van der Waals surface area contributed by atoms with Crippen LogP contribution in [0.4, 0.5) is 10.1 Å². The van der Waals surface area contributed by atoms with Crippen molar-refractivity contribution in [1.82, 2.24) is 4.31 Å². The zero-order valence-electron chi connectivity index (χ0n) is 14.3. The Morgan fingerprint density at radius 3 is 2.50 bits per heavy atom. The minimum absolute atomic E-state index is 0.169. The van der Waals surface area contributed by atoms with E-state index in [1.807, 2.05) is 18.2 Å². The highest BCUT2D eigenvalue weighted by atomic mass is 32.2. The standard InChI is InChI=1S/C19H21FN2O3S/c20-17-10-8-15(9-11-17)14-26(24,25)22-12-4-5-16(13-22)19(23)21-18-6-2-1-3-7-18/h1-3,6-11,16H,4-5,12-14H2,(H,21,23)/t16-/m1/s1. The molecule has 26 heavy (non-hydrogen) atoms. The number of amides is 1. The van der Waals surface area contributed by atoms with Gasteiger partial charge in [-0.15, -0.1) is 0 Å². The van der Waals surface area contributed by atoms with Crippen molar-refractivity contribution in [1.29, 1.82) is 0 Å². The van der Waals surface area contributed by atoms with Crippen molar-refractivity contribution in [2.45, 2.75) is 18.6 Å². The van der Waals surface area contributed by atoms with Gasteiger partial charge in [-0.05, 0) is 42.7 Å². The summed E-state index contributed by atoms with van der Waals surface area (Å²) in [6, 6.07) is 14.5. The summed E-state index contributed by atoms with van der Waals surface area (Å²) >= 11 is 0. The number of carbonyl (C=O) groups is 1. The summed E-state index contributed by atoms with van der Waals surface area (Å²) in [6.45, 7) is 0.570. The third-order valence-corrected chi connectivity index (χ3v) is 6.27. The van der Waals surface area contributed by atoms with Crippen LogP contribution in [0.1, 0.15) is 18.4 Å². The third-order valence-electron chi connectivity index (χ3n) is 4.45. The Bertz CT molecular complexity index is 854. The number of nitrogens with zero attached hydrogens (tertiary/aromatic N) is 1. The lowest BCUT2D eigenvalue weighted by Gasteiger charge is -2.31. The fraction of sp³-hybridized carbons (Fsp3) is 0.316. The maximum absolute atomic E-state index is 13.0. The van der Waals surface area contributed by atoms with Gasteiger partial charge in [-0.2, -0.15) is 0 Å². The normalized spacial score (nSPS) is 18.4. The van der Waals surface area contributed by atoms with Gasteiger partial charge in [0, 0.05) is 18.8 Å². The zero-order chi connectivity index (χ0) is 18.6. The molecule has 1 heterocycles. The number of sulfonamides is 1. The SMILES string of the molecule is O=C(Nc1ccccc1)[C@@H]1CCCN(S(=O)(=O)Cc2ccc(F)cc2)C1. The van der Waals surface area contributed by atoms with Gasteiger partial charge < -0.3 is 5.32 Å². The number of para-hydroxylation sites is 1. The van der Waals surface area contributed by atoms with E-state index in [1.165, 1.54) is 28.6 Å². The lowest BCUT2D eigenvalue weighted by Crippen LogP contribution is -2.44. The molecule has 1 aliphatic rings. The second-order valence-corrected chi connectivity index (χ2v) is 8.40. The molecular weight excluding hydrogens is 355 g/mol. The molecule has 0 aromatic heterocycles. The molecule has 2 aromatic rings. The number of halogens is 1. The molecule has 1 N–H and O–H groups in total. The van der Waals surface area contributed by atoms with E-state index in [4.69, 9.17) is 0 Å². The number of benzene rings is 2. The fourth-order valence-corrected chi connectivity index (χ4v) is 4.67. The van der Waals surface area contributed by atoms with Crippen LogP contribution in [0.2, 0.25) is 0 Å². The first-order valence-corrected chi connectivity index (χ1v) is 10.1. The predicted molar refractivity (Wildman–Crippen MR) is 98.4 cm³/mol. The molecule has 3 rings (SSSR count). The molecule has 5 nitrogen and oxygen atoms in total. The molecule has 1 aliphatic heterocycles. The van der Waals surface area contributed by atoms with Gasteiger partial charge in [0.05, 0.1) is 11.7 Å². The molecule has 1 atom stereocenters. The van der Waals surface area contributed by atoms with Crippen molar-refractivity contribution >= 4 is 21.6 Å². The van der Waals surface area contributed by atoms with E-state index in [2.05, 4.69) is 5.32 Å². The van der Waals surface area contributed by atoms with E-state index in [-0.39, 0.29) is 24.1 Å². The molecule has 0 spiro atoms. The highest BCUT2D eigenvalue weighted by molar-refractivity contribution is 7.88. The van der Waals surface area contributed by atoms with Gasteiger partial charge in [0.25, 0.3) is 0 Å². The van der Waals surface area contributed by atoms with Crippen molar-refractivity contribution in [2.24, 2.45) is 5.92 Å². The Morgan fingerprint density at radius 2 is 1.81 bits per heavy atom. The molecule has 0 bridgehead atoms. The van der Waals surface area contributed by atoms with E-state index < -0.39 is 15.8 Å². The molecular formula is C19H21FN2O3S. The number of nitrogens with one attached hydrogen (secondary N) is 1. The summed E-state index contributed by atoms with van der Waals surface area (Å²) in [5.74, 6) is -1.15. The molecule has 2 aromatic carbocycles. The van der Waals surface area contributed by atoms with E-state index in [0.29, 0.717) is 30.6 Å². The van der Waals surface area contributed by atoms with E-state index in [0.717, 1.165) is 0 Å². The first-order chi connectivity index (χ1) is 12.4. The van der Waals surface area contributed by atoms with Crippen LogP contribution in [-0.2, 0) is 20.6 Å². The van der Waals surface area contributed by atoms with E-state index in [1.54, 1.807) is 12.1 Å². The summed E-state index contributed by atoms with van der Waals surface area (Å²) in [6.07, 6.45) is 1.29. The monoisotopic (exact) mass is 376 g/mol. The quantitative estimate of drug-likeness (QED) is 0.872. The van der Waals surface area contributed by atoms with Crippen LogP contribution in [0, 0.1) is 11.7 Å². The molecule has 1 fully saturated rings. The minimum Gasteiger partial charge on any atom is -0.326 e. The molecule has 138 valence electrons. The first-order valence-electron chi connectivity index (χ1n) is 8.52. The third kappa shape index (κ3) is 4.68. The Balaban J connectivity index is 1.65. The summed E-state index contributed by atoms with van der Waals surface area (Å²) in [7, 11) is -3.56. The highest BCUT2D eigenvalue weighted by Crippen LogP contribution is 2.23. The Morgan fingerprint density at radius 1 is 1.12 bits per heavy atom. The Kier molecular flexibility index (Phi) is 5.68. The largest absolute Gasteiger partial charge is 0.326 e. The van der Waals surface area contributed by atoms with Gasteiger partial charge >= 0.3 is 0 Å². The number of piperidine rings is 1.